The molecule has 29 heavy (non-hydrogen) atoms. The van der Waals surface area contributed by atoms with E-state index in [1.807, 2.05) is 4.90 Å². The van der Waals surface area contributed by atoms with Gasteiger partial charge in [0.1, 0.15) is 11.5 Å². The van der Waals surface area contributed by atoms with Crippen molar-refractivity contribution in [2.75, 3.05) is 19.6 Å². The highest BCUT2D eigenvalue weighted by Crippen LogP contribution is 2.33. The SMILES string of the molecule is CCCCCCCCCCN1C(=O)C(c2ccc(F)cc2)=C(N2CCCC2)C1=O. The molecule has 5 heteroatoms. The van der Waals surface area contributed by atoms with Crippen LogP contribution in [0.25, 0.3) is 5.57 Å². The first-order chi connectivity index (χ1) is 14.1. The Morgan fingerprint density at radius 2 is 1.41 bits per heavy atom. The zero-order valence-electron chi connectivity index (χ0n) is 17.6. The minimum Gasteiger partial charge on any atom is -0.366 e. The molecule has 0 aliphatic carbocycles. The van der Waals surface area contributed by atoms with Crippen LogP contribution in [-0.2, 0) is 9.59 Å². The van der Waals surface area contributed by atoms with E-state index >= 15 is 0 Å². The highest BCUT2D eigenvalue weighted by molar-refractivity contribution is 6.35. The lowest BCUT2D eigenvalue weighted by molar-refractivity contribution is -0.137. The summed E-state index contributed by atoms with van der Waals surface area (Å²) in [5.74, 6) is -0.754. The highest BCUT2D eigenvalue weighted by atomic mass is 19.1. The van der Waals surface area contributed by atoms with Gasteiger partial charge in [-0.05, 0) is 37.0 Å². The molecule has 2 amide bonds. The summed E-state index contributed by atoms with van der Waals surface area (Å²) >= 11 is 0. The topological polar surface area (TPSA) is 40.6 Å². The molecule has 0 atom stereocenters. The quantitative estimate of drug-likeness (QED) is 0.381. The predicted octanol–water partition coefficient (Wildman–Crippen LogP) is 5.14. The fourth-order valence-electron chi connectivity index (χ4n) is 4.28. The Bertz CT molecular complexity index is 736. The normalized spacial score (nSPS) is 17.2. The number of carbonyl (C=O) groups is 2. The first-order valence-electron chi connectivity index (χ1n) is 11.2. The van der Waals surface area contributed by atoms with E-state index in [1.165, 1.54) is 49.1 Å². The van der Waals surface area contributed by atoms with Crippen LogP contribution >= 0.6 is 0 Å². The Hall–Kier alpha value is -2.17. The van der Waals surface area contributed by atoms with E-state index in [2.05, 4.69) is 6.92 Å². The third kappa shape index (κ3) is 5.26. The number of nitrogens with zero attached hydrogens (tertiary/aromatic N) is 2. The maximum absolute atomic E-state index is 13.4. The summed E-state index contributed by atoms with van der Waals surface area (Å²) in [5, 5.41) is 0. The van der Waals surface area contributed by atoms with Crippen molar-refractivity contribution in [2.45, 2.75) is 71.1 Å². The summed E-state index contributed by atoms with van der Waals surface area (Å²) in [7, 11) is 0. The number of carbonyl (C=O) groups excluding carboxylic acids is 2. The van der Waals surface area contributed by atoms with Gasteiger partial charge in [-0.25, -0.2) is 4.39 Å². The third-order valence-electron chi connectivity index (χ3n) is 5.93. The molecule has 0 N–H and O–H groups in total. The van der Waals surface area contributed by atoms with E-state index in [0.29, 0.717) is 23.4 Å². The van der Waals surface area contributed by atoms with Gasteiger partial charge in [-0.2, -0.15) is 0 Å². The summed E-state index contributed by atoms with van der Waals surface area (Å²) in [6.07, 6.45) is 11.4. The van der Waals surface area contributed by atoms with E-state index in [4.69, 9.17) is 0 Å². The molecule has 0 saturated carbocycles. The first kappa shape index (κ1) is 21.5. The summed E-state index contributed by atoms with van der Waals surface area (Å²) in [4.78, 5) is 29.7. The second-order valence-corrected chi connectivity index (χ2v) is 8.16. The lowest BCUT2D eigenvalue weighted by Crippen LogP contribution is -2.35. The maximum atomic E-state index is 13.4. The van der Waals surface area contributed by atoms with Crippen LogP contribution in [0.15, 0.2) is 30.0 Å². The van der Waals surface area contributed by atoms with Gasteiger partial charge in [0.15, 0.2) is 0 Å². The van der Waals surface area contributed by atoms with Gasteiger partial charge in [-0.1, -0.05) is 64.0 Å². The van der Waals surface area contributed by atoms with E-state index in [1.54, 1.807) is 12.1 Å². The van der Waals surface area contributed by atoms with Crippen LogP contribution in [0.1, 0.15) is 76.7 Å². The molecule has 0 aromatic heterocycles. The van der Waals surface area contributed by atoms with Crippen LogP contribution in [0.2, 0.25) is 0 Å². The second-order valence-electron chi connectivity index (χ2n) is 8.16. The minimum absolute atomic E-state index is 0.181. The highest BCUT2D eigenvalue weighted by Gasteiger charge is 2.41. The average molecular weight is 401 g/mol. The summed E-state index contributed by atoms with van der Waals surface area (Å²) < 4.78 is 13.4. The van der Waals surface area contributed by atoms with Crippen molar-refractivity contribution in [3.05, 3.63) is 41.3 Å². The zero-order chi connectivity index (χ0) is 20.6. The fraction of sp³-hybridized carbons (Fsp3) is 0.583. The standard InChI is InChI=1S/C24H33FN2O2/c1-2-3-4-5-6-7-8-9-18-27-23(28)21(19-12-14-20(25)15-13-19)22(24(27)29)26-16-10-11-17-26/h12-15H,2-11,16-18H2,1H3. The van der Waals surface area contributed by atoms with E-state index < -0.39 is 0 Å². The molecule has 1 aromatic carbocycles. The van der Waals surface area contributed by atoms with Gasteiger partial charge in [0.25, 0.3) is 11.8 Å². The number of likely N-dealkylation sites (tertiary alicyclic amines) is 1. The molecule has 3 rings (SSSR count). The molecule has 1 saturated heterocycles. The summed E-state index contributed by atoms with van der Waals surface area (Å²) in [5.41, 5.74) is 1.58. The smallest absolute Gasteiger partial charge is 0.277 e. The number of hydrogen-bond donors (Lipinski definition) is 0. The van der Waals surface area contributed by atoms with Crippen molar-refractivity contribution >= 4 is 17.4 Å². The predicted molar refractivity (Wildman–Crippen MR) is 113 cm³/mol. The zero-order valence-corrected chi connectivity index (χ0v) is 17.6. The Morgan fingerprint density at radius 1 is 0.828 bits per heavy atom. The Labute approximate surface area is 173 Å². The number of hydrogen-bond acceptors (Lipinski definition) is 3. The van der Waals surface area contributed by atoms with Gasteiger partial charge in [-0.3, -0.25) is 14.5 Å². The monoisotopic (exact) mass is 400 g/mol. The van der Waals surface area contributed by atoms with Crippen molar-refractivity contribution in [3.63, 3.8) is 0 Å². The molecule has 1 aromatic rings. The van der Waals surface area contributed by atoms with Crippen molar-refractivity contribution in [2.24, 2.45) is 0 Å². The molecule has 0 bridgehead atoms. The largest absolute Gasteiger partial charge is 0.366 e. The first-order valence-corrected chi connectivity index (χ1v) is 11.2. The van der Waals surface area contributed by atoms with Crippen molar-refractivity contribution in [1.82, 2.24) is 9.80 Å². The third-order valence-corrected chi connectivity index (χ3v) is 5.93. The van der Waals surface area contributed by atoms with E-state index in [0.717, 1.165) is 45.2 Å². The molecule has 2 heterocycles. The van der Waals surface area contributed by atoms with Crippen LogP contribution in [0.3, 0.4) is 0 Å². The Balaban J connectivity index is 1.64. The van der Waals surface area contributed by atoms with E-state index in [9.17, 15) is 14.0 Å². The maximum Gasteiger partial charge on any atom is 0.277 e. The molecule has 1 fully saturated rings. The number of unbranched alkanes of at least 4 members (excludes halogenated alkanes) is 7. The number of rotatable bonds is 11. The van der Waals surface area contributed by atoms with Crippen molar-refractivity contribution < 1.29 is 14.0 Å². The average Bonchev–Trinajstić information content (AvgIpc) is 3.32. The Kier molecular flexibility index (Phi) is 7.84. The summed E-state index contributed by atoms with van der Waals surface area (Å²) in [6.45, 7) is 4.28. The molecule has 2 aliphatic heterocycles. The minimum atomic E-state index is -0.343. The van der Waals surface area contributed by atoms with Crippen LogP contribution < -0.4 is 0 Å². The Morgan fingerprint density at radius 3 is 2.03 bits per heavy atom. The lowest BCUT2D eigenvalue weighted by atomic mass is 10.0. The van der Waals surface area contributed by atoms with Gasteiger partial charge < -0.3 is 4.90 Å². The van der Waals surface area contributed by atoms with Crippen LogP contribution in [0.5, 0.6) is 0 Å². The number of halogens is 1. The molecule has 4 nitrogen and oxygen atoms in total. The second kappa shape index (κ2) is 10.6. The molecular formula is C24H33FN2O2. The van der Waals surface area contributed by atoms with Crippen molar-refractivity contribution in [1.29, 1.82) is 0 Å². The van der Waals surface area contributed by atoms with Gasteiger partial charge in [0.2, 0.25) is 0 Å². The number of amides is 2. The van der Waals surface area contributed by atoms with Crippen molar-refractivity contribution in [3.8, 4) is 0 Å². The van der Waals surface area contributed by atoms with Crippen LogP contribution in [-0.4, -0.2) is 41.2 Å². The van der Waals surface area contributed by atoms with Gasteiger partial charge in [-0.15, -0.1) is 0 Å². The van der Waals surface area contributed by atoms with Gasteiger partial charge in [0, 0.05) is 19.6 Å². The van der Waals surface area contributed by atoms with E-state index in [-0.39, 0.29) is 17.6 Å². The molecule has 0 spiro atoms. The number of imide groups is 1. The van der Waals surface area contributed by atoms with Gasteiger partial charge >= 0.3 is 0 Å². The molecule has 0 unspecified atom stereocenters. The molecule has 0 radical (unpaired) electrons. The lowest BCUT2D eigenvalue weighted by Gasteiger charge is -2.20. The molecule has 158 valence electrons. The van der Waals surface area contributed by atoms with Crippen LogP contribution in [0.4, 0.5) is 4.39 Å². The molecular weight excluding hydrogens is 367 g/mol. The van der Waals surface area contributed by atoms with Crippen LogP contribution in [0, 0.1) is 5.82 Å². The number of benzene rings is 1. The molecule has 2 aliphatic rings. The fourth-order valence-corrected chi connectivity index (χ4v) is 4.28. The summed E-state index contributed by atoms with van der Waals surface area (Å²) in [6, 6.07) is 5.91. The van der Waals surface area contributed by atoms with Gasteiger partial charge in [0.05, 0.1) is 5.57 Å².